The van der Waals surface area contributed by atoms with Gasteiger partial charge in [0, 0.05) is 25.4 Å². The van der Waals surface area contributed by atoms with Crippen molar-refractivity contribution in [2.75, 3.05) is 32.9 Å². The molecule has 0 aromatic heterocycles. The van der Waals surface area contributed by atoms with Crippen LogP contribution in [0.4, 0.5) is 13.6 Å². The Morgan fingerprint density at radius 1 is 0.943 bits per heavy atom. The summed E-state index contributed by atoms with van der Waals surface area (Å²) in [7, 11) is 0. The van der Waals surface area contributed by atoms with Crippen molar-refractivity contribution in [1.82, 2.24) is 10.6 Å². The van der Waals surface area contributed by atoms with Gasteiger partial charge in [-0.15, -0.1) is 0 Å². The number of ether oxygens (including phenoxy) is 2. The van der Waals surface area contributed by atoms with Gasteiger partial charge in [-0.2, -0.15) is 0 Å². The van der Waals surface area contributed by atoms with Crippen LogP contribution in [0.15, 0.2) is 48.5 Å². The van der Waals surface area contributed by atoms with E-state index in [4.69, 9.17) is 14.6 Å². The highest BCUT2D eigenvalue weighted by Gasteiger charge is 2.72. The van der Waals surface area contributed by atoms with Gasteiger partial charge in [-0.25, -0.2) is 13.6 Å². The number of amides is 2. The minimum atomic E-state index is -3.29. The molecule has 2 aliphatic rings. The van der Waals surface area contributed by atoms with Crippen molar-refractivity contribution in [3.63, 3.8) is 0 Å². The van der Waals surface area contributed by atoms with Crippen molar-refractivity contribution >= 4 is 18.0 Å². The number of aliphatic carboxylic acids is 1. The molecule has 2 aliphatic carbocycles. The van der Waals surface area contributed by atoms with Gasteiger partial charge in [0.2, 0.25) is 5.91 Å². The number of carboxylic acid groups (broad SMARTS) is 1. The number of alkyl halides is 2. The summed E-state index contributed by atoms with van der Waals surface area (Å²) < 4.78 is 37.3. The Balaban J connectivity index is 1.09. The van der Waals surface area contributed by atoms with E-state index in [2.05, 4.69) is 22.8 Å². The summed E-state index contributed by atoms with van der Waals surface area (Å²) in [6, 6.07) is 16.1. The first-order valence-corrected chi connectivity index (χ1v) is 11.3. The molecule has 4 rings (SSSR count). The molecular weight excluding hydrogens is 462 g/mol. The number of rotatable bonds is 11. The van der Waals surface area contributed by atoms with Crippen molar-refractivity contribution in [2.24, 2.45) is 11.8 Å². The van der Waals surface area contributed by atoms with Crippen LogP contribution < -0.4 is 10.6 Å². The molecule has 0 heterocycles. The number of carboxylic acids is 1. The van der Waals surface area contributed by atoms with Crippen molar-refractivity contribution in [1.29, 1.82) is 0 Å². The zero-order valence-corrected chi connectivity index (χ0v) is 18.8. The third-order valence-corrected chi connectivity index (χ3v) is 6.32. The fraction of sp³-hybridized carbons (Fsp3) is 0.400. The number of halogens is 2. The fourth-order valence-corrected chi connectivity index (χ4v) is 4.43. The molecular formula is C25H26F2N2O6. The average molecular weight is 488 g/mol. The van der Waals surface area contributed by atoms with Crippen molar-refractivity contribution < 1.29 is 37.7 Å². The number of carbonyl (C=O) groups is 3. The van der Waals surface area contributed by atoms with Crippen LogP contribution in [0.2, 0.25) is 0 Å². The zero-order chi connectivity index (χ0) is 25.0. The van der Waals surface area contributed by atoms with Gasteiger partial charge in [-0.1, -0.05) is 48.5 Å². The molecule has 1 fully saturated rings. The van der Waals surface area contributed by atoms with E-state index < -0.39 is 42.3 Å². The van der Waals surface area contributed by atoms with Gasteiger partial charge >= 0.3 is 12.1 Å². The highest BCUT2D eigenvalue weighted by molar-refractivity contribution is 5.79. The zero-order valence-electron chi connectivity index (χ0n) is 18.8. The lowest BCUT2D eigenvalue weighted by Crippen LogP contribution is -2.30. The minimum Gasteiger partial charge on any atom is -0.481 e. The predicted molar refractivity (Wildman–Crippen MR) is 121 cm³/mol. The van der Waals surface area contributed by atoms with E-state index in [-0.39, 0.29) is 38.7 Å². The fourth-order valence-electron chi connectivity index (χ4n) is 4.43. The molecule has 1 saturated carbocycles. The summed E-state index contributed by atoms with van der Waals surface area (Å²) in [5.41, 5.74) is 4.52. The molecule has 0 bridgehead atoms. The molecule has 35 heavy (non-hydrogen) atoms. The summed E-state index contributed by atoms with van der Waals surface area (Å²) in [4.78, 5) is 34.5. The first-order valence-electron chi connectivity index (χ1n) is 11.3. The van der Waals surface area contributed by atoms with Crippen LogP contribution in [-0.2, 0) is 19.1 Å². The second-order valence-corrected chi connectivity index (χ2v) is 8.52. The Hall–Kier alpha value is -3.53. The van der Waals surface area contributed by atoms with Crippen LogP contribution in [0.1, 0.15) is 23.5 Å². The molecule has 2 atom stereocenters. The standard InChI is InChI=1S/C25H26F2N2O6/c26-25(27)20(22(25)23(31)32)13-29-21(30)9-11-34-12-10-28-24(33)35-14-19-17-7-3-1-5-15(17)16-6-2-4-8-18(16)19/h1-8,19-20,22H,9-14H2,(H,28,33)(H,29,30)(H,31,32)/t20-,22-/m0/s1. The van der Waals surface area contributed by atoms with E-state index in [1.165, 1.54) is 0 Å². The summed E-state index contributed by atoms with van der Waals surface area (Å²) in [6.45, 7) is 0.142. The van der Waals surface area contributed by atoms with E-state index in [1.807, 2.05) is 36.4 Å². The highest BCUT2D eigenvalue weighted by atomic mass is 19.3. The summed E-state index contributed by atoms with van der Waals surface area (Å²) in [5.74, 6) is -8.54. The van der Waals surface area contributed by atoms with E-state index in [1.54, 1.807) is 0 Å². The lowest BCUT2D eigenvalue weighted by molar-refractivity contribution is -0.141. The number of hydrogen-bond donors (Lipinski definition) is 3. The summed E-state index contributed by atoms with van der Waals surface area (Å²) in [5, 5.41) is 13.6. The average Bonchev–Trinajstić information content (AvgIpc) is 3.25. The minimum absolute atomic E-state index is 0.0294. The Kier molecular flexibility index (Phi) is 7.30. The van der Waals surface area contributed by atoms with Crippen molar-refractivity contribution in [3.05, 3.63) is 59.7 Å². The lowest BCUT2D eigenvalue weighted by atomic mass is 9.98. The summed E-state index contributed by atoms with van der Waals surface area (Å²) in [6.07, 6.45) is -0.646. The summed E-state index contributed by atoms with van der Waals surface area (Å²) >= 11 is 0. The SMILES string of the molecule is O=C(CCOCCNC(=O)OCC1c2ccccc2-c2ccccc21)NC[C@H]1[C@@H](C(=O)O)C1(F)F. The van der Waals surface area contributed by atoms with Crippen molar-refractivity contribution in [2.45, 2.75) is 18.3 Å². The second-order valence-electron chi connectivity index (χ2n) is 8.52. The van der Waals surface area contributed by atoms with Crippen LogP contribution >= 0.6 is 0 Å². The number of fused-ring (bicyclic) bond motifs is 3. The number of benzene rings is 2. The molecule has 8 nitrogen and oxygen atoms in total. The first-order chi connectivity index (χ1) is 16.8. The molecule has 3 N–H and O–H groups in total. The molecule has 0 unspecified atom stereocenters. The normalized spacial score (nSPS) is 19.4. The number of hydrogen-bond acceptors (Lipinski definition) is 5. The van der Waals surface area contributed by atoms with Gasteiger partial charge in [0.05, 0.1) is 19.1 Å². The molecule has 2 amide bonds. The Morgan fingerprint density at radius 3 is 2.17 bits per heavy atom. The highest BCUT2D eigenvalue weighted by Crippen LogP contribution is 2.54. The van der Waals surface area contributed by atoms with E-state index in [0.717, 1.165) is 22.3 Å². The predicted octanol–water partition coefficient (Wildman–Crippen LogP) is 3.01. The topological polar surface area (TPSA) is 114 Å². The van der Waals surface area contributed by atoms with Gasteiger partial charge < -0.3 is 25.2 Å². The number of alkyl carbamates (subject to hydrolysis) is 1. The number of carbonyl (C=O) groups excluding carboxylic acids is 2. The Labute approximate surface area is 200 Å². The van der Waals surface area contributed by atoms with Crippen LogP contribution in [0.25, 0.3) is 11.1 Å². The molecule has 0 aliphatic heterocycles. The largest absolute Gasteiger partial charge is 0.481 e. The maximum absolute atomic E-state index is 13.3. The molecule has 2 aromatic carbocycles. The second kappa shape index (κ2) is 10.4. The van der Waals surface area contributed by atoms with Gasteiger partial charge in [-0.05, 0) is 22.3 Å². The molecule has 186 valence electrons. The van der Waals surface area contributed by atoms with E-state index in [0.29, 0.717) is 0 Å². The monoisotopic (exact) mass is 488 g/mol. The van der Waals surface area contributed by atoms with Crippen molar-refractivity contribution in [3.8, 4) is 11.1 Å². The van der Waals surface area contributed by atoms with Crippen LogP contribution in [0.5, 0.6) is 0 Å². The quantitative estimate of drug-likeness (QED) is 0.419. The van der Waals surface area contributed by atoms with Gasteiger partial charge in [-0.3, -0.25) is 9.59 Å². The van der Waals surface area contributed by atoms with Gasteiger partial charge in [0.15, 0.2) is 0 Å². The third kappa shape index (κ3) is 5.43. The van der Waals surface area contributed by atoms with Gasteiger partial charge in [0.25, 0.3) is 5.92 Å². The maximum Gasteiger partial charge on any atom is 0.407 e. The van der Waals surface area contributed by atoms with Gasteiger partial charge in [0.1, 0.15) is 12.5 Å². The molecule has 0 saturated heterocycles. The Bertz CT molecular complexity index is 1060. The van der Waals surface area contributed by atoms with Crippen LogP contribution in [0.3, 0.4) is 0 Å². The van der Waals surface area contributed by atoms with E-state index >= 15 is 0 Å². The Morgan fingerprint density at radius 2 is 1.57 bits per heavy atom. The molecule has 0 spiro atoms. The molecule has 0 radical (unpaired) electrons. The third-order valence-electron chi connectivity index (χ3n) is 6.32. The van der Waals surface area contributed by atoms with Crippen LogP contribution in [0, 0.1) is 11.8 Å². The lowest BCUT2D eigenvalue weighted by Gasteiger charge is -2.14. The molecule has 10 heteroatoms. The van der Waals surface area contributed by atoms with Crippen LogP contribution in [-0.4, -0.2) is 61.9 Å². The number of nitrogens with one attached hydrogen (secondary N) is 2. The first kappa shape index (κ1) is 24.6. The smallest absolute Gasteiger partial charge is 0.407 e. The van der Waals surface area contributed by atoms with E-state index in [9.17, 15) is 23.2 Å². The molecule has 2 aromatic rings. The maximum atomic E-state index is 13.3.